The van der Waals surface area contributed by atoms with Crippen molar-refractivity contribution in [1.29, 1.82) is 0 Å². The maximum absolute atomic E-state index is 12.1. The SMILES string of the molecule is CNCC1CCN(CCN2C(=O)NC(C)(C)C2=O)CC1. The third kappa shape index (κ3) is 3.30. The third-order valence-electron chi connectivity index (χ3n) is 4.28. The number of nitrogens with zero attached hydrogens (tertiary/aromatic N) is 2. The van der Waals surface area contributed by atoms with Crippen molar-refractivity contribution in [3.63, 3.8) is 0 Å². The molecule has 0 saturated carbocycles. The smallest absolute Gasteiger partial charge is 0.324 e. The molecule has 0 unspecified atom stereocenters. The minimum atomic E-state index is -0.753. The zero-order valence-corrected chi connectivity index (χ0v) is 12.7. The normalized spacial score (nSPS) is 24.2. The van der Waals surface area contributed by atoms with Crippen molar-refractivity contribution in [3.8, 4) is 0 Å². The van der Waals surface area contributed by atoms with Gasteiger partial charge in [-0.05, 0) is 59.3 Å². The Morgan fingerprint density at radius 2 is 1.90 bits per heavy atom. The van der Waals surface area contributed by atoms with Crippen molar-refractivity contribution in [2.24, 2.45) is 5.92 Å². The van der Waals surface area contributed by atoms with E-state index in [0.29, 0.717) is 6.54 Å². The Labute approximate surface area is 120 Å². The summed E-state index contributed by atoms with van der Waals surface area (Å²) in [6, 6.07) is -0.259. The average molecular weight is 282 g/mol. The number of rotatable bonds is 5. The molecule has 2 fully saturated rings. The van der Waals surface area contributed by atoms with Gasteiger partial charge in [0.15, 0.2) is 0 Å². The molecule has 0 aliphatic carbocycles. The van der Waals surface area contributed by atoms with Crippen LogP contribution in [0, 0.1) is 5.92 Å². The number of carbonyl (C=O) groups is 2. The van der Waals surface area contributed by atoms with E-state index in [9.17, 15) is 9.59 Å². The number of likely N-dealkylation sites (tertiary alicyclic amines) is 1. The van der Waals surface area contributed by atoms with E-state index < -0.39 is 5.54 Å². The van der Waals surface area contributed by atoms with E-state index in [1.807, 2.05) is 7.05 Å². The largest absolute Gasteiger partial charge is 0.325 e. The Balaban J connectivity index is 1.77. The highest BCUT2D eigenvalue weighted by molar-refractivity contribution is 6.06. The van der Waals surface area contributed by atoms with Gasteiger partial charge in [-0.15, -0.1) is 0 Å². The van der Waals surface area contributed by atoms with Crippen LogP contribution in [0.1, 0.15) is 26.7 Å². The molecule has 0 aromatic rings. The summed E-state index contributed by atoms with van der Waals surface area (Å²) in [4.78, 5) is 27.5. The van der Waals surface area contributed by atoms with Gasteiger partial charge in [0.2, 0.25) is 0 Å². The molecule has 114 valence electrons. The fourth-order valence-corrected chi connectivity index (χ4v) is 2.97. The average Bonchev–Trinajstić information content (AvgIpc) is 2.59. The number of nitrogens with one attached hydrogen (secondary N) is 2. The van der Waals surface area contributed by atoms with Crippen LogP contribution in [0.2, 0.25) is 0 Å². The lowest BCUT2D eigenvalue weighted by Crippen LogP contribution is -2.44. The second-order valence-corrected chi connectivity index (χ2v) is 6.35. The fraction of sp³-hybridized carbons (Fsp3) is 0.857. The monoisotopic (exact) mass is 282 g/mol. The van der Waals surface area contributed by atoms with Gasteiger partial charge < -0.3 is 15.5 Å². The van der Waals surface area contributed by atoms with Gasteiger partial charge in [0.25, 0.3) is 5.91 Å². The van der Waals surface area contributed by atoms with Gasteiger partial charge in [-0.25, -0.2) is 4.79 Å². The molecule has 0 bridgehead atoms. The van der Waals surface area contributed by atoms with Crippen molar-refractivity contribution >= 4 is 11.9 Å². The van der Waals surface area contributed by atoms with Crippen LogP contribution in [0.4, 0.5) is 4.79 Å². The first-order valence-corrected chi connectivity index (χ1v) is 7.45. The van der Waals surface area contributed by atoms with Crippen LogP contribution in [0.3, 0.4) is 0 Å². The van der Waals surface area contributed by atoms with E-state index in [-0.39, 0.29) is 11.9 Å². The highest BCUT2D eigenvalue weighted by Crippen LogP contribution is 2.18. The van der Waals surface area contributed by atoms with E-state index >= 15 is 0 Å². The molecule has 2 rings (SSSR count). The second-order valence-electron chi connectivity index (χ2n) is 6.35. The molecular formula is C14H26N4O2. The molecule has 0 aromatic heterocycles. The first-order chi connectivity index (χ1) is 9.44. The summed E-state index contributed by atoms with van der Waals surface area (Å²) in [7, 11) is 1.99. The van der Waals surface area contributed by atoms with Crippen LogP contribution in [-0.4, -0.2) is 67.0 Å². The molecule has 6 nitrogen and oxygen atoms in total. The van der Waals surface area contributed by atoms with Gasteiger partial charge in [0, 0.05) is 13.1 Å². The molecule has 0 aromatic carbocycles. The predicted molar refractivity (Wildman–Crippen MR) is 77.4 cm³/mol. The quantitative estimate of drug-likeness (QED) is 0.710. The lowest BCUT2D eigenvalue weighted by atomic mass is 9.97. The van der Waals surface area contributed by atoms with Crippen LogP contribution >= 0.6 is 0 Å². The highest BCUT2D eigenvalue weighted by atomic mass is 16.2. The molecule has 0 spiro atoms. The molecule has 20 heavy (non-hydrogen) atoms. The summed E-state index contributed by atoms with van der Waals surface area (Å²) in [6.45, 7) is 7.95. The molecule has 0 radical (unpaired) electrons. The van der Waals surface area contributed by atoms with Crippen LogP contribution in [0.5, 0.6) is 0 Å². The minimum absolute atomic E-state index is 0.118. The molecule has 2 aliphatic rings. The molecule has 2 N–H and O–H groups in total. The molecule has 2 heterocycles. The first kappa shape index (κ1) is 15.3. The molecule has 0 atom stereocenters. The molecule has 6 heteroatoms. The van der Waals surface area contributed by atoms with Gasteiger partial charge in [-0.2, -0.15) is 0 Å². The highest BCUT2D eigenvalue weighted by Gasteiger charge is 2.43. The zero-order valence-electron chi connectivity index (χ0n) is 12.7. The van der Waals surface area contributed by atoms with E-state index in [0.717, 1.165) is 32.1 Å². The van der Waals surface area contributed by atoms with Crippen molar-refractivity contribution in [3.05, 3.63) is 0 Å². The second kappa shape index (κ2) is 6.10. The van der Waals surface area contributed by atoms with Crippen LogP contribution < -0.4 is 10.6 Å². The van der Waals surface area contributed by atoms with Crippen molar-refractivity contribution in [2.45, 2.75) is 32.2 Å². The van der Waals surface area contributed by atoms with Gasteiger partial charge >= 0.3 is 6.03 Å². The molecule has 3 amide bonds. The zero-order chi connectivity index (χ0) is 14.8. The lowest BCUT2D eigenvalue weighted by molar-refractivity contribution is -0.130. The van der Waals surface area contributed by atoms with E-state index in [1.165, 1.54) is 17.7 Å². The third-order valence-corrected chi connectivity index (χ3v) is 4.28. The number of amides is 3. The first-order valence-electron chi connectivity index (χ1n) is 7.45. The van der Waals surface area contributed by atoms with Gasteiger partial charge in [-0.1, -0.05) is 0 Å². The number of imide groups is 1. The Morgan fingerprint density at radius 3 is 2.40 bits per heavy atom. The Morgan fingerprint density at radius 1 is 1.25 bits per heavy atom. The maximum atomic E-state index is 12.1. The van der Waals surface area contributed by atoms with E-state index in [1.54, 1.807) is 13.8 Å². The van der Waals surface area contributed by atoms with Crippen molar-refractivity contribution in [2.75, 3.05) is 39.8 Å². The maximum Gasteiger partial charge on any atom is 0.325 e. The Bertz CT molecular complexity index is 375. The number of carbonyl (C=O) groups excluding carboxylic acids is 2. The van der Waals surface area contributed by atoms with Crippen LogP contribution in [0.15, 0.2) is 0 Å². The van der Waals surface area contributed by atoms with Crippen LogP contribution in [-0.2, 0) is 4.79 Å². The summed E-state index contributed by atoms with van der Waals surface area (Å²) in [5.41, 5.74) is -0.753. The standard InChI is InChI=1S/C14H26N4O2/c1-14(2)12(19)18(13(20)16-14)9-8-17-6-4-11(5-7-17)10-15-3/h11,15H,4-10H2,1-3H3,(H,16,20). The van der Waals surface area contributed by atoms with Gasteiger partial charge in [0.05, 0.1) is 0 Å². The van der Waals surface area contributed by atoms with Crippen LogP contribution in [0.25, 0.3) is 0 Å². The summed E-state index contributed by atoms with van der Waals surface area (Å²) >= 11 is 0. The molecule has 2 saturated heterocycles. The van der Waals surface area contributed by atoms with Gasteiger partial charge in [-0.3, -0.25) is 9.69 Å². The lowest BCUT2D eigenvalue weighted by Gasteiger charge is -2.32. The van der Waals surface area contributed by atoms with Crippen molar-refractivity contribution < 1.29 is 9.59 Å². The Hall–Kier alpha value is -1.14. The topological polar surface area (TPSA) is 64.7 Å². The molecular weight excluding hydrogens is 256 g/mol. The summed E-state index contributed by atoms with van der Waals surface area (Å²) < 4.78 is 0. The number of hydrogen-bond donors (Lipinski definition) is 2. The summed E-state index contributed by atoms with van der Waals surface area (Å²) in [5.74, 6) is 0.638. The number of urea groups is 1. The summed E-state index contributed by atoms with van der Waals surface area (Å²) in [6.07, 6.45) is 2.37. The predicted octanol–water partition coefficient (Wildman–Crippen LogP) is 0.248. The van der Waals surface area contributed by atoms with E-state index in [4.69, 9.17) is 0 Å². The number of hydrogen-bond acceptors (Lipinski definition) is 4. The molecule has 2 aliphatic heterocycles. The van der Waals surface area contributed by atoms with Crippen molar-refractivity contribution in [1.82, 2.24) is 20.4 Å². The fourth-order valence-electron chi connectivity index (χ4n) is 2.97. The summed E-state index contributed by atoms with van der Waals surface area (Å²) in [5, 5.41) is 5.94. The Kier molecular flexibility index (Phi) is 4.65. The van der Waals surface area contributed by atoms with E-state index in [2.05, 4.69) is 15.5 Å². The van der Waals surface area contributed by atoms with Gasteiger partial charge in [0.1, 0.15) is 5.54 Å². The minimum Gasteiger partial charge on any atom is -0.324 e. The number of piperidine rings is 1.